The summed E-state index contributed by atoms with van der Waals surface area (Å²) in [6.45, 7) is 5.21. The van der Waals surface area contributed by atoms with Crippen LogP contribution in [-0.2, 0) is 4.74 Å². The van der Waals surface area contributed by atoms with Crippen LogP contribution in [0.5, 0.6) is 0 Å². The van der Waals surface area contributed by atoms with Crippen molar-refractivity contribution in [2.24, 2.45) is 0 Å². The van der Waals surface area contributed by atoms with Gasteiger partial charge in [-0.05, 0) is 19.3 Å². The average molecular weight is 298 g/mol. The van der Waals surface area contributed by atoms with Gasteiger partial charge >= 0.3 is 0 Å². The fourth-order valence-corrected chi connectivity index (χ4v) is 2.25. The number of rotatable bonds is 4. The lowest BCUT2D eigenvalue weighted by Gasteiger charge is -2.22. The zero-order chi connectivity index (χ0) is 14.5. The average Bonchev–Trinajstić information content (AvgIpc) is 2.46. The van der Waals surface area contributed by atoms with E-state index in [9.17, 15) is 4.79 Å². The number of amides is 1. The standard InChI is InChI=1S/C14H20ClN3O2/c1-9(2)13-16-8-11(15)12(18-13)14(19)17-7-10-5-3-4-6-20-10/h8-10H,3-7H2,1-2H3,(H,17,19). The topological polar surface area (TPSA) is 64.1 Å². The Balaban J connectivity index is 1.99. The van der Waals surface area contributed by atoms with Crippen LogP contribution in [0.2, 0.25) is 5.02 Å². The molecule has 1 saturated heterocycles. The molecule has 6 heteroatoms. The summed E-state index contributed by atoms with van der Waals surface area (Å²) in [6.07, 6.45) is 4.80. The van der Waals surface area contributed by atoms with Gasteiger partial charge < -0.3 is 10.1 Å². The van der Waals surface area contributed by atoms with Crippen molar-refractivity contribution in [1.82, 2.24) is 15.3 Å². The number of nitrogens with zero attached hydrogens (tertiary/aromatic N) is 2. The third kappa shape index (κ3) is 3.90. The number of halogens is 1. The van der Waals surface area contributed by atoms with Crippen LogP contribution < -0.4 is 5.32 Å². The third-order valence-electron chi connectivity index (χ3n) is 3.26. The van der Waals surface area contributed by atoms with Crippen LogP contribution in [0.1, 0.15) is 55.3 Å². The maximum Gasteiger partial charge on any atom is 0.271 e. The van der Waals surface area contributed by atoms with Gasteiger partial charge in [-0.1, -0.05) is 25.4 Å². The Labute approximate surface area is 124 Å². The Kier molecular flexibility index (Phi) is 5.31. The van der Waals surface area contributed by atoms with E-state index in [1.54, 1.807) is 0 Å². The molecular weight excluding hydrogens is 278 g/mol. The van der Waals surface area contributed by atoms with E-state index < -0.39 is 0 Å². The largest absolute Gasteiger partial charge is 0.376 e. The first-order chi connectivity index (χ1) is 9.58. The van der Waals surface area contributed by atoms with Gasteiger partial charge in [-0.3, -0.25) is 4.79 Å². The summed E-state index contributed by atoms with van der Waals surface area (Å²) in [5.41, 5.74) is 0.237. The highest BCUT2D eigenvalue weighted by Gasteiger charge is 2.18. The second-order valence-electron chi connectivity index (χ2n) is 5.28. The molecule has 1 unspecified atom stereocenters. The highest BCUT2D eigenvalue weighted by atomic mass is 35.5. The fourth-order valence-electron chi connectivity index (χ4n) is 2.08. The lowest BCUT2D eigenvalue weighted by Crippen LogP contribution is -2.36. The zero-order valence-corrected chi connectivity index (χ0v) is 12.6. The van der Waals surface area contributed by atoms with Crippen LogP contribution >= 0.6 is 11.6 Å². The number of ether oxygens (including phenoxy) is 1. The predicted octanol–water partition coefficient (Wildman–Crippen LogP) is 2.55. The van der Waals surface area contributed by atoms with Gasteiger partial charge in [0.25, 0.3) is 5.91 Å². The number of nitrogens with one attached hydrogen (secondary N) is 1. The highest BCUT2D eigenvalue weighted by Crippen LogP contribution is 2.17. The lowest BCUT2D eigenvalue weighted by molar-refractivity contribution is 0.0168. The second kappa shape index (κ2) is 6.99. The quantitative estimate of drug-likeness (QED) is 0.927. The van der Waals surface area contributed by atoms with Crippen LogP contribution in [-0.4, -0.2) is 35.1 Å². The van der Waals surface area contributed by atoms with Crippen molar-refractivity contribution in [3.63, 3.8) is 0 Å². The summed E-state index contributed by atoms with van der Waals surface area (Å²) >= 11 is 6.00. The molecule has 0 aliphatic carbocycles. The molecule has 1 aliphatic heterocycles. The van der Waals surface area contributed by atoms with Crippen LogP contribution in [0.25, 0.3) is 0 Å². The van der Waals surface area contributed by atoms with E-state index >= 15 is 0 Å². The summed E-state index contributed by atoms with van der Waals surface area (Å²) in [6, 6.07) is 0. The maximum atomic E-state index is 12.1. The van der Waals surface area contributed by atoms with Gasteiger partial charge in [0, 0.05) is 19.1 Å². The molecule has 5 nitrogen and oxygen atoms in total. The lowest BCUT2D eigenvalue weighted by atomic mass is 10.1. The Hall–Kier alpha value is -1.20. The molecule has 1 amide bonds. The van der Waals surface area contributed by atoms with Gasteiger partial charge in [0.15, 0.2) is 0 Å². The van der Waals surface area contributed by atoms with Crippen LogP contribution in [0, 0.1) is 0 Å². The Morgan fingerprint density at radius 2 is 2.35 bits per heavy atom. The molecule has 0 spiro atoms. The Morgan fingerprint density at radius 3 is 3.00 bits per heavy atom. The van der Waals surface area contributed by atoms with Gasteiger partial charge in [-0.15, -0.1) is 0 Å². The first kappa shape index (κ1) is 15.2. The number of carbonyl (C=O) groups is 1. The molecule has 1 N–H and O–H groups in total. The van der Waals surface area contributed by atoms with E-state index in [1.165, 1.54) is 6.20 Å². The molecule has 20 heavy (non-hydrogen) atoms. The molecule has 2 heterocycles. The van der Waals surface area contributed by atoms with Crippen molar-refractivity contribution in [3.05, 3.63) is 22.7 Å². The van der Waals surface area contributed by atoms with Gasteiger partial charge in [-0.25, -0.2) is 9.97 Å². The predicted molar refractivity (Wildman–Crippen MR) is 77.1 cm³/mol. The van der Waals surface area contributed by atoms with Crippen LogP contribution in [0.4, 0.5) is 0 Å². The number of hydrogen-bond acceptors (Lipinski definition) is 4. The molecule has 1 aromatic rings. The molecule has 0 saturated carbocycles. The van der Waals surface area contributed by atoms with E-state index in [4.69, 9.17) is 16.3 Å². The molecule has 0 bridgehead atoms. The van der Waals surface area contributed by atoms with Crippen molar-refractivity contribution in [2.45, 2.75) is 45.1 Å². The van der Waals surface area contributed by atoms with Crippen LogP contribution in [0.15, 0.2) is 6.20 Å². The maximum absolute atomic E-state index is 12.1. The monoisotopic (exact) mass is 297 g/mol. The van der Waals surface area contributed by atoms with Crippen molar-refractivity contribution in [2.75, 3.05) is 13.2 Å². The zero-order valence-electron chi connectivity index (χ0n) is 11.9. The minimum Gasteiger partial charge on any atom is -0.376 e. The smallest absolute Gasteiger partial charge is 0.271 e. The van der Waals surface area contributed by atoms with E-state index in [0.29, 0.717) is 12.4 Å². The van der Waals surface area contributed by atoms with E-state index in [0.717, 1.165) is 25.9 Å². The second-order valence-corrected chi connectivity index (χ2v) is 5.69. The molecule has 110 valence electrons. The van der Waals surface area contributed by atoms with E-state index in [-0.39, 0.29) is 28.6 Å². The van der Waals surface area contributed by atoms with Gasteiger partial charge in [0.1, 0.15) is 11.5 Å². The van der Waals surface area contributed by atoms with Gasteiger partial charge in [0.2, 0.25) is 0 Å². The molecule has 1 aromatic heterocycles. The molecule has 1 aliphatic rings. The third-order valence-corrected chi connectivity index (χ3v) is 3.54. The summed E-state index contributed by atoms with van der Waals surface area (Å²) in [5.74, 6) is 0.502. The molecule has 0 radical (unpaired) electrons. The summed E-state index contributed by atoms with van der Waals surface area (Å²) in [7, 11) is 0. The molecular formula is C14H20ClN3O2. The Bertz CT molecular complexity index is 473. The summed E-state index contributed by atoms with van der Waals surface area (Å²) < 4.78 is 5.58. The van der Waals surface area contributed by atoms with Crippen molar-refractivity contribution in [1.29, 1.82) is 0 Å². The van der Waals surface area contributed by atoms with Crippen molar-refractivity contribution in [3.8, 4) is 0 Å². The number of carbonyl (C=O) groups excluding carboxylic acids is 1. The Morgan fingerprint density at radius 1 is 1.55 bits per heavy atom. The number of hydrogen-bond donors (Lipinski definition) is 1. The van der Waals surface area contributed by atoms with E-state index in [2.05, 4.69) is 15.3 Å². The molecule has 0 aromatic carbocycles. The van der Waals surface area contributed by atoms with E-state index in [1.807, 2.05) is 13.8 Å². The van der Waals surface area contributed by atoms with Gasteiger partial charge in [0.05, 0.1) is 17.3 Å². The highest BCUT2D eigenvalue weighted by molar-refractivity contribution is 6.33. The first-order valence-corrected chi connectivity index (χ1v) is 7.38. The summed E-state index contributed by atoms with van der Waals surface area (Å²) in [4.78, 5) is 20.5. The SMILES string of the molecule is CC(C)c1ncc(Cl)c(C(=O)NCC2CCCCO2)n1. The number of aromatic nitrogens is 2. The summed E-state index contributed by atoms with van der Waals surface area (Å²) in [5, 5.41) is 3.11. The van der Waals surface area contributed by atoms with Gasteiger partial charge in [-0.2, -0.15) is 0 Å². The van der Waals surface area contributed by atoms with Crippen LogP contribution in [0.3, 0.4) is 0 Å². The van der Waals surface area contributed by atoms with Crippen molar-refractivity contribution < 1.29 is 9.53 Å². The normalized spacial score (nSPS) is 19.1. The fraction of sp³-hybridized carbons (Fsp3) is 0.643. The molecule has 1 fully saturated rings. The molecule has 1 atom stereocenters. The minimum absolute atomic E-state index is 0.0953. The first-order valence-electron chi connectivity index (χ1n) is 7.00. The molecule has 2 rings (SSSR count). The van der Waals surface area contributed by atoms with Crippen molar-refractivity contribution >= 4 is 17.5 Å². The minimum atomic E-state index is -0.270.